The molecule has 3 heteroatoms. The fraction of sp³-hybridized carbons (Fsp3) is 1.00. The van der Waals surface area contributed by atoms with Crippen molar-refractivity contribution < 1.29 is 9.84 Å². The lowest BCUT2D eigenvalue weighted by Crippen LogP contribution is -2.35. The number of hydrogen-bond acceptors (Lipinski definition) is 3. The highest BCUT2D eigenvalue weighted by Gasteiger charge is 2.37. The number of aliphatic hydroxyl groups excluding tert-OH is 1. The molecule has 1 saturated heterocycles. The second kappa shape index (κ2) is 4.94. The summed E-state index contributed by atoms with van der Waals surface area (Å²) in [4.78, 5) is 0. The lowest BCUT2D eigenvalue weighted by molar-refractivity contribution is 0.0650. The SMILES string of the molecule is COCCC(C)C1(CO)CCNC1. The number of hydrogen-bond donors (Lipinski definition) is 2. The van der Waals surface area contributed by atoms with Gasteiger partial charge in [-0.2, -0.15) is 0 Å². The topological polar surface area (TPSA) is 41.5 Å². The first kappa shape index (κ1) is 11.0. The Hall–Kier alpha value is -0.120. The minimum absolute atomic E-state index is 0.110. The van der Waals surface area contributed by atoms with Gasteiger partial charge in [0.25, 0.3) is 0 Å². The van der Waals surface area contributed by atoms with E-state index in [-0.39, 0.29) is 5.41 Å². The van der Waals surface area contributed by atoms with Gasteiger partial charge in [0.05, 0.1) is 6.61 Å². The molecule has 0 aliphatic carbocycles. The van der Waals surface area contributed by atoms with Crippen LogP contribution in [0.5, 0.6) is 0 Å². The molecule has 0 bridgehead atoms. The molecule has 1 heterocycles. The quantitative estimate of drug-likeness (QED) is 0.663. The van der Waals surface area contributed by atoms with Gasteiger partial charge in [-0.05, 0) is 25.3 Å². The van der Waals surface area contributed by atoms with E-state index in [4.69, 9.17) is 4.74 Å². The molecule has 78 valence electrons. The Balaban J connectivity index is 2.44. The molecule has 2 N–H and O–H groups in total. The maximum absolute atomic E-state index is 9.41. The van der Waals surface area contributed by atoms with Gasteiger partial charge in [-0.15, -0.1) is 0 Å². The summed E-state index contributed by atoms with van der Waals surface area (Å²) in [5, 5.41) is 12.7. The Bertz CT molecular complexity index is 144. The van der Waals surface area contributed by atoms with E-state index in [0.717, 1.165) is 32.5 Å². The molecule has 1 aliphatic heterocycles. The van der Waals surface area contributed by atoms with Gasteiger partial charge >= 0.3 is 0 Å². The second-order valence-electron chi connectivity index (χ2n) is 4.13. The fourth-order valence-corrected chi connectivity index (χ4v) is 2.08. The van der Waals surface area contributed by atoms with Gasteiger partial charge < -0.3 is 15.2 Å². The summed E-state index contributed by atoms with van der Waals surface area (Å²) in [7, 11) is 1.73. The third kappa shape index (κ3) is 2.42. The van der Waals surface area contributed by atoms with Crippen LogP contribution < -0.4 is 5.32 Å². The van der Waals surface area contributed by atoms with Crippen molar-refractivity contribution in [3.63, 3.8) is 0 Å². The maximum Gasteiger partial charge on any atom is 0.0502 e. The van der Waals surface area contributed by atoms with Crippen LogP contribution in [0, 0.1) is 11.3 Å². The highest BCUT2D eigenvalue weighted by molar-refractivity contribution is 4.91. The van der Waals surface area contributed by atoms with Crippen molar-refractivity contribution in [3.8, 4) is 0 Å². The van der Waals surface area contributed by atoms with Crippen LogP contribution in [0.25, 0.3) is 0 Å². The molecule has 1 aliphatic rings. The molecule has 0 radical (unpaired) electrons. The molecule has 1 rings (SSSR count). The number of aliphatic hydroxyl groups is 1. The van der Waals surface area contributed by atoms with E-state index in [1.165, 1.54) is 0 Å². The molecule has 13 heavy (non-hydrogen) atoms. The predicted octanol–water partition coefficient (Wildman–Crippen LogP) is 0.631. The normalized spacial score (nSPS) is 30.7. The van der Waals surface area contributed by atoms with Crippen molar-refractivity contribution >= 4 is 0 Å². The van der Waals surface area contributed by atoms with Crippen molar-refractivity contribution in [1.82, 2.24) is 5.32 Å². The minimum Gasteiger partial charge on any atom is -0.396 e. The largest absolute Gasteiger partial charge is 0.396 e. The molecule has 2 unspecified atom stereocenters. The molecule has 0 aromatic heterocycles. The molecule has 2 atom stereocenters. The maximum atomic E-state index is 9.41. The van der Waals surface area contributed by atoms with Gasteiger partial charge in [-0.25, -0.2) is 0 Å². The van der Waals surface area contributed by atoms with Crippen molar-refractivity contribution in [2.45, 2.75) is 19.8 Å². The van der Waals surface area contributed by atoms with Crippen LogP contribution in [-0.4, -0.2) is 38.5 Å². The summed E-state index contributed by atoms with van der Waals surface area (Å²) in [5.74, 6) is 0.535. The van der Waals surface area contributed by atoms with Gasteiger partial charge in [0, 0.05) is 25.7 Å². The molecule has 0 aromatic rings. The number of rotatable bonds is 5. The first-order valence-corrected chi connectivity index (χ1v) is 5.06. The van der Waals surface area contributed by atoms with E-state index >= 15 is 0 Å². The summed E-state index contributed by atoms with van der Waals surface area (Å²) in [6, 6.07) is 0. The Morgan fingerprint density at radius 2 is 2.38 bits per heavy atom. The van der Waals surface area contributed by atoms with Crippen LogP contribution in [0.3, 0.4) is 0 Å². The fourth-order valence-electron chi connectivity index (χ4n) is 2.08. The van der Waals surface area contributed by atoms with Gasteiger partial charge in [0.1, 0.15) is 0 Å². The zero-order valence-electron chi connectivity index (χ0n) is 8.68. The van der Waals surface area contributed by atoms with E-state index < -0.39 is 0 Å². The summed E-state index contributed by atoms with van der Waals surface area (Å²) < 4.78 is 5.06. The summed E-state index contributed by atoms with van der Waals surface area (Å²) in [6.07, 6.45) is 2.13. The van der Waals surface area contributed by atoms with Crippen molar-refractivity contribution in [1.29, 1.82) is 0 Å². The molecule has 1 fully saturated rings. The lowest BCUT2D eigenvalue weighted by atomic mass is 9.75. The smallest absolute Gasteiger partial charge is 0.0502 e. The molecule has 0 amide bonds. The zero-order valence-corrected chi connectivity index (χ0v) is 8.68. The van der Waals surface area contributed by atoms with E-state index in [1.54, 1.807) is 7.11 Å². The van der Waals surface area contributed by atoms with Crippen molar-refractivity contribution in [2.75, 3.05) is 33.4 Å². The molecule has 0 aromatic carbocycles. The average molecular weight is 187 g/mol. The Kier molecular flexibility index (Phi) is 4.16. The Labute approximate surface area is 80.5 Å². The highest BCUT2D eigenvalue weighted by Crippen LogP contribution is 2.35. The van der Waals surface area contributed by atoms with Gasteiger partial charge in [0.15, 0.2) is 0 Å². The average Bonchev–Trinajstić information content (AvgIpc) is 2.63. The van der Waals surface area contributed by atoms with Gasteiger partial charge in [0.2, 0.25) is 0 Å². The lowest BCUT2D eigenvalue weighted by Gasteiger charge is -2.32. The number of nitrogens with one attached hydrogen (secondary N) is 1. The van der Waals surface area contributed by atoms with Crippen LogP contribution >= 0.6 is 0 Å². The van der Waals surface area contributed by atoms with Crippen molar-refractivity contribution in [3.05, 3.63) is 0 Å². The van der Waals surface area contributed by atoms with E-state index in [9.17, 15) is 5.11 Å². The van der Waals surface area contributed by atoms with Crippen molar-refractivity contribution in [2.24, 2.45) is 11.3 Å². The molecule has 3 nitrogen and oxygen atoms in total. The van der Waals surface area contributed by atoms with Crippen LogP contribution in [0.1, 0.15) is 19.8 Å². The van der Waals surface area contributed by atoms with Crippen LogP contribution in [0.15, 0.2) is 0 Å². The number of methoxy groups -OCH3 is 1. The summed E-state index contributed by atoms with van der Waals surface area (Å²) in [6.45, 7) is 5.29. The first-order valence-electron chi connectivity index (χ1n) is 5.06. The van der Waals surface area contributed by atoms with E-state index in [0.29, 0.717) is 12.5 Å². The van der Waals surface area contributed by atoms with Crippen LogP contribution in [0.4, 0.5) is 0 Å². The number of ether oxygens (including phenoxy) is 1. The molecular weight excluding hydrogens is 166 g/mol. The standard InChI is InChI=1S/C10H21NO2/c1-9(3-6-13-2)10(8-12)4-5-11-7-10/h9,11-12H,3-8H2,1-2H3. The molecule has 0 spiro atoms. The second-order valence-corrected chi connectivity index (χ2v) is 4.13. The Morgan fingerprint density at radius 1 is 1.62 bits per heavy atom. The van der Waals surface area contributed by atoms with Gasteiger partial charge in [-0.1, -0.05) is 6.92 Å². The summed E-state index contributed by atoms with van der Waals surface area (Å²) in [5.41, 5.74) is 0.110. The van der Waals surface area contributed by atoms with Crippen LogP contribution in [-0.2, 0) is 4.74 Å². The third-order valence-electron chi connectivity index (χ3n) is 3.39. The highest BCUT2D eigenvalue weighted by atomic mass is 16.5. The minimum atomic E-state index is 0.110. The van der Waals surface area contributed by atoms with Gasteiger partial charge in [-0.3, -0.25) is 0 Å². The monoisotopic (exact) mass is 187 g/mol. The van der Waals surface area contributed by atoms with Crippen LogP contribution in [0.2, 0.25) is 0 Å². The molecule has 0 saturated carbocycles. The zero-order chi connectivity index (χ0) is 9.73. The van der Waals surface area contributed by atoms with E-state index in [1.807, 2.05) is 0 Å². The predicted molar refractivity (Wildman–Crippen MR) is 52.7 cm³/mol. The molecular formula is C10H21NO2. The van der Waals surface area contributed by atoms with E-state index in [2.05, 4.69) is 12.2 Å². The summed E-state index contributed by atoms with van der Waals surface area (Å²) >= 11 is 0. The first-order chi connectivity index (χ1) is 6.25. The Morgan fingerprint density at radius 3 is 2.85 bits per heavy atom. The third-order valence-corrected chi connectivity index (χ3v) is 3.39.